The standard InChI is InChI=1S/C21H21N3O6S/c1-12(2)17(24-18(26)14-7-3-4-8-15(14)19(24)27)20(28)30-11-16(25)23-21(29)22-10-13-6-5-9-31-13/h3-9,12,17H,10-11H2,1-2H3,(H2,22,23,25,29)/t17-/m0/s1. The Kier molecular flexibility index (Phi) is 6.81. The molecular weight excluding hydrogens is 422 g/mol. The minimum Gasteiger partial charge on any atom is -0.454 e. The summed E-state index contributed by atoms with van der Waals surface area (Å²) < 4.78 is 5.01. The molecule has 5 amide bonds. The zero-order valence-corrected chi connectivity index (χ0v) is 17.7. The Labute approximate surface area is 182 Å². The molecule has 1 aromatic carbocycles. The molecule has 0 bridgehead atoms. The van der Waals surface area contributed by atoms with Gasteiger partial charge in [-0.3, -0.25) is 24.6 Å². The van der Waals surface area contributed by atoms with E-state index < -0.39 is 48.3 Å². The second-order valence-corrected chi connectivity index (χ2v) is 8.16. The number of esters is 1. The number of rotatable bonds is 7. The lowest BCUT2D eigenvalue weighted by Crippen LogP contribution is -2.49. The number of fused-ring (bicyclic) bond motifs is 1. The summed E-state index contributed by atoms with van der Waals surface area (Å²) in [4.78, 5) is 63.5. The summed E-state index contributed by atoms with van der Waals surface area (Å²) in [6.45, 7) is 2.85. The van der Waals surface area contributed by atoms with Gasteiger partial charge in [0.2, 0.25) is 0 Å². The Balaban J connectivity index is 1.56. The van der Waals surface area contributed by atoms with Crippen LogP contribution < -0.4 is 10.6 Å². The smallest absolute Gasteiger partial charge is 0.330 e. The summed E-state index contributed by atoms with van der Waals surface area (Å²) in [7, 11) is 0. The van der Waals surface area contributed by atoms with Crippen molar-refractivity contribution >= 4 is 41.1 Å². The van der Waals surface area contributed by atoms with Gasteiger partial charge in [-0.15, -0.1) is 11.3 Å². The maximum atomic E-state index is 12.7. The highest BCUT2D eigenvalue weighted by Crippen LogP contribution is 2.27. The van der Waals surface area contributed by atoms with E-state index in [-0.39, 0.29) is 17.7 Å². The zero-order valence-electron chi connectivity index (χ0n) is 16.9. The van der Waals surface area contributed by atoms with Crippen LogP contribution in [0, 0.1) is 5.92 Å². The molecule has 10 heteroatoms. The van der Waals surface area contributed by atoms with Gasteiger partial charge in [-0.1, -0.05) is 32.0 Å². The number of nitrogens with one attached hydrogen (secondary N) is 2. The van der Waals surface area contributed by atoms with E-state index in [0.717, 1.165) is 9.78 Å². The van der Waals surface area contributed by atoms with Gasteiger partial charge in [-0.25, -0.2) is 9.59 Å². The van der Waals surface area contributed by atoms with Crippen molar-refractivity contribution in [2.24, 2.45) is 5.92 Å². The largest absolute Gasteiger partial charge is 0.454 e. The van der Waals surface area contributed by atoms with Crippen LogP contribution in [0.2, 0.25) is 0 Å². The average Bonchev–Trinajstić information content (AvgIpc) is 3.34. The van der Waals surface area contributed by atoms with Crippen LogP contribution in [0.5, 0.6) is 0 Å². The number of hydrogen-bond donors (Lipinski definition) is 2. The molecule has 31 heavy (non-hydrogen) atoms. The van der Waals surface area contributed by atoms with Crippen molar-refractivity contribution in [3.63, 3.8) is 0 Å². The van der Waals surface area contributed by atoms with Crippen LogP contribution in [0.3, 0.4) is 0 Å². The number of carbonyl (C=O) groups excluding carboxylic acids is 5. The number of benzene rings is 1. The SMILES string of the molecule is CC(C)[C@@H](C(=O)OCC(=O)NC(=O)NCc1cccs1)N1C(=O)c2ccccc2C1=O. The van der Waals surface area contributed by atoms with Crippen LogP contribution in [0.15, 0.2) is 41.8 Å². The molecule has 0 fully saturated rings. The molecule has 1 aliphatic rings. The van der Waals surface area contributed by atoms with Gasteiger partial charge in [-0.2, -0.15) is 0 Å². The maximum Gasteiger partial charge on any atom is 0.330 e. The van der Waals surface area contributed by atoms with Crippen molar-refractivity contribution in [2.45, 2.75) is 26.4 Å². The molecular formula is C21H21N3O6S. The Morgan fingerprint density at radius 2 is 1.68 bits per heavy atom. The summed E-state index contributed by atoms with van der Waals surface area (Å²) in [6.07, 6.45) is 0. The fourth-order valence-corrected chi connectivity index (χ4v) is 3.79. The molecule has 2 N–H and O–H groups in total. The number of thiophene rings is 1. The van der Waals surface area contributed by atoms with Crippen molar-refractivity contribution in [1.29, 1.82) is 0 Å². The number of urea groups is 1. The van der Waals surface area contributed by atoms with Crippen LogP contribution in [-0.2, 0) is 20.9 Å². The summed E-state index contributed by atoms with van der Waals surface area (Å²) in [5.74, 6) is -3.37. The van der Waals surface area contributed by atoms with Crippen molar-refractivity contribution in [2.75, 3.05) is 6.61 Å². The quantitative estimate of drug-likeness (QED) is 0.498. The summed E-state index contributed by atoms with van der Waals surface area (Å²) in [6, 6.07) is 8.03. The molecule has 0 saturated heterocycles. The first kappa shape index (κ1) is 22.2. The van der Waals surface area contributed by atoms with Gasteiger partial charge in [0.25, 0.3) is 17.7 Å². The van der Waals surface area contributed by atoms with Crippen LogP contribution in [0.4, 0.5) is 4.79 Å². The van der Waals surface area contributed by atoms with Gasteiger partial charge < -0.3 is 10.1 Å². The average molecular weight is 443 g/mol. The number of ether oxygens (including phenoxy) is 1. The van der Waals surface area contributed by atoms with Gasteiger partial charge in [-0.05, 0) is 29.5 Å². The number of hydrogen-bond acceptors (Lipinski definition) is 7. The van der Waals surface area contributed by atoms with E-state index in [1.54, 1.807) is 26.0 Å². The van der Waals surface area contributed by atoms with Crippen molar-refractivity contribution in [1.82, 2.24) is 15.5 Å². The molecule has 9 nitrogen and oxygen atoms in total. The van der Waals surface area contributed by atoms with E-state index in [2.05, 4.69) is 10.6 Å². The van der Waals surface area contributed by atoms with Crippen LogP contribution >= 0.6 is 11.3 Å². The minimum atomic E-state index is -1.20. The highest BCUT2D eigenvalue weighted by Gasteiger charge is 2.44. The molecule has 162 valence electrons. The maximum absolute atomic E-state index is 12.7. The fraction of sp³-hybridized carbons (Fsp3) is 0.286. The summed E-state index contributed by atoms with van der Waals surface area (Å²) in [5.41, 5.74) is 0.428. The summed E-state index contributed by atoms with van der Waals surface area (Å²) >= 11 is 1.46. The normalized spacial score (nSPS) is 13.7. The van der Waals surface area contributed by atoms with Crippen molar-refractivity contribution in [3.8, 4) is 0 Å². The van der Waals surface area contributed by atoms with E-state index in [1.807, 2.05) is 17.5 Å². The van der Waals surface area contributed by atoms with E-state index in [1.165, 1.54) is 23.5 Å². The van der Waals surface area contributed by atoms with Crippen molar-refractivity contribution < 1.29 is 28.7 Å². The first-order valence-electron chi connectivity index (χ1n) is 9.53. The second-order valence-electron chi connectivity index (χ2n) is 7.13. The summed E-state index contributed by atoms with van der Waals surface area (Å²) in [5, 5.41) is 6.43. The Morgan fingerprint density at radius 3 is 2.23 bits per heavy atom. The predicted octanol–water partition coefficient (Wildman–Crippen LogP) is 1.94. The van der Waals surface area contributed by atoms with Gasteiger partial charge in [0.15, 0.2) is 6.61 Å². The predicted molar refractivity (Wildman–Crippen MR) is 111 cm³/mol. The Hall–Kier alpha value is -3.53. The van der Waals surface area contributed by atoms with Crippen molar-refractivity contribution in [3.05, 3.63) is 57.8 Å². The van der Waals surface area contributed by atoms with Crippen LogP contribution in [-0.4, -0.2) is 47.3 Å². The minimum absolute atomic E-state index is 0.214. The fourth-order valence-electron chi connectivity index (χ4n) is 3.15. The molecule has 1 aliphatic heterocycles. The zero-order chi connectivity index (χ0) is 22.5. The first-order valence-corrected chi connectivity index (χ1v) is 10.4. The molecule has 3 rings (SSSR count). The molecule has 0 aliphatic carbocycles. The van der Waals surface area contributed by atoms with E-state index in [9.17, 15) is 24.0 Å². The molecule has 0 spiro atoms. The van der Waals surface area contributed by atoms with Gasteiger partial charge in [0.05, 0.1) is 17.7 Å². The third-order valence-corrected chi connectivity index (χ3v) is 5.45. The third kappa shape index (κ3) is 4.97. The van der Waals surface area contributed by atoms with Crippen LogP contribution in [0.1, 0.15) is 39.4 Å². The monoisotopic (exact) mass is 443 g/mol. The molecule has 1 atom stereocenters. The number of carbonyl (C=O) groups is 5. The van der Waals surface area contributed by atoms with Gasteiger partial charge in [0, 0.05) is 4.88 Å². The van der Waals surface area contributed by atoms with Gasteiger partial charge >= 0.3 is 12.0 Å². The third-order valence-electron chi connectivity index (χ3n) is 4.58. The first-order chi connectivity index (χ1) is 14.8. The van der Waals surface area contributed by atoms with E-state index in [0.29, 0.717) is 0 Å². The van der Waals surface area contributed by atoms with E-state index >= 15 is 0 Å². The lowest BCUT2D eigenvalue weighted by Gasteiger charge is -2.27. The molecule has 1 aromatic heterocycles. The lowest BCUT2D eigenvalue weighted by atomic mass is 10.0. The molecule has 0 saturated carbocycles. The number of nitrogens with zero attached hydrogens (tertiary/aromatic N) is 1. The molecule has 2 heterocycles. The highest BCUT2D eigenvalue weighted by molar-refractivity contribution is 7.09. The lowest BCUT2D eigenvalue weighted by molar-refractivity contribution is -0.153. The Morgan fingerprint density at radius 1 is 1.03 bits per heavy atom. The molecule has 0 unspecified atom stereocenters. The van der Waals surface area contributed by atoms with E-state index in [4.69, 9.17) is 4.74 Å². The Bertz CT molecular complexity index is 983. The number of amides is 5. The van der Waals surface area contributed by atoms with Crippen LogP contribution in [0.25, 0.3) is 0 Å². The number of imide groups is 2. The molecule has 2 aromatic rings. The topological polar surface area (TPSA) is 122 Å². The van der Waals surface area contributed by atoms with Gasteiger partial charge in [0.1, 0.15) is 6.04 Å². The second kappa shape index (κ2) is 9.52. The molecule has 0 radical (unpaired) electrons. The highest BCUT2D eigenvalue weighted by atomic mass is 32.1.